The van der Waals surface area contributed by atoms with Gasteiger partial charge in [-0.1, -0.05) is 39.3 Å². The highest BCUT2D eigenvalue weighted by atomic mass is 16.5. The van der Waals surface area contributed by atoms with E-state index in [1.165, 1.54) is 5.57 Å². The maximum atomic E-state index is 13.3. The Bertz CT molecular complexity index is 989. The lowest BCUT2D eigenvalue weighted by atomic mass is 9.72. The van der Waals surface area contributed by atoms with Gasteiger partial charge in [0.2, 0.25) is 0 Å². The van der Waals surface area contributed by atoms with E-state index in [9.17, 15) is 19.8 Å². The molecule has 1 aliphatic carbocycles. The molecule has 0 spiro atoms. The van der Waals surface area contributed by atoms with E-state index in [-0.39, 0.29) is 18.1 Å². The summed E-state index contributed by atoms with van der Waals surface area (Å²) in [5.41, 5.74) is 1.48. The number of allylic oxidation sites excluding steroid dienone is 1. The number of cyclic esters (lactones) is 1. The molecule has 2 heterocycles. The molecule has 2 aliphatic rings. The predicted molar refractivity (Wildman–Crippen MR) is 133 cm³/mol. The van der Waals surface area contributed by atoms with Gasteiger partial charge in [0, 0.05) is 19.3 Å². The lowest BCUT2D eigenvalue weighted by Crippen LogP contribution is -2.46. The van der Waals surface area contributed by atoms with Gasteiger partial charge in [-0.15, -0.1) is 0 Å². The zero-order valence-corrected chi connectivity index (χ0v) is 22.1. The molecule has 2 N–H and O–H groups in total. The van der Waals surface area contributed by atoms with Crippen LogP contribution >= 0.6 is 0 Å². The number of aliphatic hydroxyl groups excluding tert-OH is 2. The van der Waals surface area contributed by atoms with Crippen molar-refractivity contribution >= 4 is 17.8 Å². The summed E-state index contributed by atoms with van der Waals surface area (Å²) in [6.07, 6.45) is 5.10. The zero-order chi connectivity index (χ0) is 26.1. The third-order valence-electron chi connectivity index (χ3n) is 8.00. The minimum absolute atomic E-state index is 0.0126. The van der Waals surface area contributed by atoms with E-state index in [0.29, 0.717) is 29.8 Å². The molecule has 1 saturated carbocycles. The molecule has 194 valence electrons. The topological polar surface area (TPSA) is 110 Å². The third kappa shape index (κ3) is 6.50. The summed E-state index contributed by atoms with van der Waals surface area (Å²) in [4.78, 5) is 30.4. The van der Waals surface area contributed by atoms with Crippen LogP contribution in [0, 0.1) is 36.0 Å². The van der Waals surface area contributed by atoms with Crippen molar-refractivity contribution in [2.75, 3.05) is 0 Å². The fraction of sp³-hybridized carbons (Fsp3) is 0.679. The molecule has 3 rings (SSSR count). The molecule has 7 atom stereocenters. The van der Waals surface area contributed by atoms with Crippen LogP contribution in [0.1, 0.15) is 78.8 Å². The van der Waals surface area contributed by atoms with Crippen LogP contribution in [0.2, 0.25) is 0 Å². The van der Waals surface area contributed by atoms with E-state index >= 15 is 0 Å². The number of nitrogens with zero attached hydrogens (tertiary/aromatic N) is 1. The first kappa shape index (κ1) is 27.3. The van der Waals surface area contributed by atoms with Gasteiger partial charge in [-0.05, 0) is 56.1 Å². The highest BCUT2D eigenvalue weighted by Gasteiger charge is 2.47. The monoisotopic (exact) mass is 487 g/mol. The van der Waals surface area contributed by atoms with Crippen molar-refractivity contribution in [2.45, 2.75) is 92.5 Å². The second-order valence-corrected chi connectivity index (χ2v) is 11.3. The minimum Gasteiger partial charge on any atom is -0.457 e. The van der Waals surface area contributed by atoms with Crippen LogP contribution in [0.5, 0.6) is 0 Å². The summed E-state index contributed by atoms with van der Waals surface area (Å²) in [5.74, 6) is -0.0734. The Kier molecular flexibility index (Phi) is 8.43. The van der Waals surface area contributed by atoms with E-state index in [1.807, 2.05) is 19.9 Å². The van der Waals surface area contributed by atoms with Crippen LogP contribution in [-0.4, -0.2) is 45.3 Å². The lowest BCUT2D eigenvalue weighted by Gasteiger charge is -2.34. The highest BCUT2D eigenvalue weighted by molar-refractivity contribution is 5.88. The van der Waals surface area contributed by atoms with Crippen LogP contribution in [0.3, 0.4) is 0 Å². The molecule has 7 nitrogen and oxygen atoms in total. The quantitative estimate of drug-likeness (QED) is 0.461. The molecular formula is C28H41NO6. The van der Waals surface area contributed by atoms with Crippen molar-refractivity contribution in [1.82, 2.24) is 4.98 Å². The first-order valence-electron chi connectivity index (χ1n) is 12.7. The fourth-order valence-corrected chi connectivity index (χ4v) is 5.29. The van der Waals surface area contributed by atoms with Gasteiger partial charge in [-0.25, -0.2) is 4.98 Å². The molecule has 0 aromatic carbocycles. The number of carbonyl (C=O) groups is 2. The molecule has 0 bridgehead atoms. The molecule has 35 heavy (non-hydrogen) atoms. The van der Waals surface area contributed by atoms with Gasteiger partial charge in [0.15, 0.2) is 5.89 Å². The Labute approximate surface area is 208 Å². The van der Waals surface area contributed by atoms with Crippen molar-refractivity contribution in [3.05, 3.63) is 35.1 Å². The number of hydrogen-bond donors (Lipinski definition) is 2. The molecule has 0 amide bonds. The molecule has 1 aromatic heterocycles. The maximum Gasteiger partial charge on any atom is 0.309 e. The van der Waals surface area contributed by atoms with Gasteiger partial charge in [0.05, 0.1) is 24.0 Å². The van der Waals surface area contributed by atoms with E-state index in [4.69, 9.17) is 9.15 Å². The standard InChI is InChI=1S/C28H41NO6/c1-15-8-9-23(16(2)11-21-14-34-19(5)29-21)35-25(31)13-24(30)28(6,7)27(33)18(4)26(32)17(3)22-12-20(22)10-15/h8,11,14,17-18,20,22-24,26,30,32H,9-10,12-13H2,1-7H3/b15-8-,16-11+/t17-,18+,20?,22?,23-,24-,26-/m0/s1. The first-order valence-corrected chi connectivity index (χ1v) is 12.7. The van der Waals surface area contributed by atoms with Crippen molar-refractivity contribution in [3.63, 3.8) is 0 Å². The van der Waals surface area contributed by atoms with Gasteiger partial charge < -0.3 is 19.4 Å². The number of oxazole rings is 1. The summed E-state index contributed by atoms with van der Waals surface area (Å²) in [5, 5.41) is 21.8. The SMILES string of the molecule is C/C1=C/C[C@@H](/C(C)=C/c2coc(C)n2)OC(=O)C[C@H](O)C(C)(C)C(=O)[C@H](C)[C@@H](O)[C@@H](C)C2CC2C1. The summed E-state index contributed by atoms with van der Waals surface area (Å²) in [7, 11) is 0. The summed E-state index contributed by atoms with van der Waals surface area (Å²) in [6.45, 7) is 12.7. The number of ether oxygens (including phenoxy) is 1. The lowest BCUT2D eigenvalue weighted by molar-refractivity contribution is -0.154. The van der Waals surface area contributed by atoms with Gasteiger partial charge in [-0.2, -0.15) is 0 Å². The predicted octanol–water partition coefficient (Wildman–Crippen LogP) is 4.65. The van der Waals surface area contributed by atoms with Gasteiger partial charge in [0.1, 0.15) is 23.8 Å². The van der Waals surface area contributed by atoms with Crippen LogP contribution in [0.4, 0.5) is 0 Å². The number of Topliss-reactive ketones (excluding diaryl/α,β-unsaturated/α-hetero) is 1. The fourth-order valence-electron chi connectivity index (χ4n) is 5.29. The Morgan fingerprint density at radius 3 is 2.49 bits per heavy atom. The first-order chi connectivity index (χ1) is 16.3. The summed E-state index contributed by atoms with van der Waals surface area (Å²) in [6, 6.07) is 0. The number of aliphatic hydroxyl groups is 2. The van der Waals surface area contributed by atoms with E-state index in [2.05, 4.69) is 18.0 Å². The van der Waals surface area contributed by atoms with Crippen molar-refractivity contribution < 1.29 is 29.0 Å². The van der Waals surface area contributed by atoms with Crippen molar-refractivity contribution in [1.29, 1.82) is 0 Å². The molecular weight excluding hydrogens is 446 g/mol. The zero-order valence-electron chi connectivity index (χ0n) is 22.1. The number of fused-ring (bicyclic) bond motifs is 1. The molecule has 7 heteroatoms. The normalized spacial score (nSPS) is 36.7. The molecule has 1 aromatic rings. The number of ketones is 1. The average molecular weight is 488 g/mol. The third-order valence-corrected chi connectivity index (χ3v) is 8.00. The summed E-state index contributed by atoms with van der Waals surface area (Å²) >= 11 is 0. The van der Waals surface area contributed by atoms with E-state index in [0.717, 1.165) is 18.4 Å². The minimum atomic E-state index is -1.23. The molecule has 0 saturated heterocycles. The van der Waals surface area contributed by atoms with Gasteiger partial charge in [-0.3, -0.25) is 9.59 Å². The molecule has 1 aliphatic heterocycles. The average Bonchev–Trinajstić information content (AvgIpc) is 3.43. The Hall–Kier alpha value is -2.25. The smallest absolute Gasteiger partial charge is 0.309 e. The number of carbonyl (C=O) groups excluding carboxylic acids is 2. The maximum absolute atomic E-state index is 13.3. The Morgan fingerprint density at radius 2 is 1.86 bits per heavy atom. The van der Waals surface area contributed by atoms with E-state index in [1.54, 1.807) is 34.0 Å². The number of aromatic nitrogens is 1. The number of esters is 1. The van der Waals surface area contributed by atoms with Gasteiger partial charge in [0.25, 0.3) is 0 Å². The van der Waals surface area contributed by atoms with Crippen molar-refractivity contribution in [3.8, 4) is 0 Å². The van der Waals surface area contributed by atoms with Crippen LogP contribution in [0.25, 0.3) is 6.08 Å². The summed E-state index contributed by atoms with van der Waals surface area (Å²) < 4.78 is 11.1. The molecule has 1 fully saturated rings. The Balaban J connectivity index is 1.89. The van der Waals surface area contributed by atoms with Crippen LogP contribution in [0.15, 0.2) is 27.9 Å². The largest absolute Gasteiger partial charge is 0.457 e. The Morgan fingerprint density at radius 1 is 1.17 bits per heavy atom. The molecule has 0 radical (unpaired) electrons. The number of rotatable bonds is 2. The number of aryl methyl sites for hydroxylation is 1. The highest BCUT2D eigenvalue weighted by Crippen LogP contribution is 2.50. The van der Waals surface area contributed by atoms with Gasteiger partial charge >= 0.3 is 5.97 Å². The number of hydrogen-bond acceptors (Lipinski definition) is 7. The second kappa shape index (κ2) is 10.8. The molecule has 2 unspecified atom stereocenters. The van der Waals surface area contributed by atoms with E-state index < -0.39 is 35.6 Å². The second-order valence-electron chi connectivity index (χ2n) is 11.3. The van der Waals surface area contributed by atoms with Crippen LogP contribution in [-0.2, 0) is 14.3 Å². The van der Waals surface area contributed by atoms with Crippen molar-refractivity contribution in [2.24, 2.45) is 29.1 Å². The van der Waals surface area contributed by atoms with Crippen LogP contribution < -0.4 is 0 Å².